The monoisotopic (exact) mass is 373 g/mol. The zero-order valence-electron chi connectivity index (χ0n) is 15.2. The summed E-state index contributed by atoms with van der Waals surface area (Å²) in [5, 5.41) is 23.1. The van der Waals surface area contributed by atoms with Crippen LogP contribution in [0.1, 0.15) is 5.56 Å². The van der Waals surface area contributed by atoms with Crippen LogP contribution < -0.4 is 5.01 Å². The number of ether oxygens (including phenoxy) is 1. The van der Waals surface area contributed by atoms with E-state index in [4.69, 9.17) is 9.72 Å². The predicted octanol–water partition coefficient (Wildman–Crippen LogP) is 3.11. The molecule has 2 heterocycles. The zero-order valence-corrected chi connectivity index (χ0v) is 15.2. The van der Waals surface area contributed by atoms with Gasteiger partial charge >= 0.3 is 0 Å². The fourth-order valence-electron chi connectivity index (χ4n) is 3.12. The van der Waals surface area contributed by atoms with Gasteiger partial charge in [0.1, 0.15) is 11.8 Å². The largest absolute Gasteiger partial charge is 0.507 e. The average molecular weight is 373 g/mol. The van der Waals surface area contributed by atoms with E-state index in [1.165, 1.54) is 6.07 Å². The van der Waals surface area contributed by atoms with Crippen LogP contribution in [0.4, 0.5) is 11.6 Å². The quantitative estimate of drug-likeness (QED) is 0.752. The zero-order chi connectivity index (χ0) is 19.3. The molecule has 1 aliphatic rings. The summed E-state index contributed by atoms with van der Waals surface area (Å²) in [5.41, 5.74) is 2.60. The average Bonchev–Trinajstić information content (AvgIpc) is 2.76. The number of anilines is 2. The molecule has 0 atom stereocenters. The number of nitriles is 1. The summed E-state index contributed by atoms with van der Waals surface area (Å²) in [4.78, 5) is 9.24. The SMILES string of the molecule is N#Cc1cc(-c2ccnc(N(c3ccccc3)N3CCOCC3)n2)ccc1O. The lowest BCUT2D eigenvalue weighted by Gasteiger charge is -2.37. The molecule has 7 heteroatoms. The number of morpholine rings is 1. The van der Waals surface area contributed by atoms with Crippen molar-refractivity contribution in [2.24, 2.45) is 0 Å². The molecular weight excluding hydrogens is 354 g/mol. The summed E-state index contributed by atoms with van der Waals surface area (Å²) in [6.07, 6.45) is 1.70. The van der Waals surface area contributed by atoms with Gasteiger partial charge in [-0.15, -0.1) is 0 Å². The van der Waals surface area contributed by atoms with Gasteiger partial charge < -0.3 is 9.84 Å². The first-order valence-electron chi connectivity index (χ1n) is 9.00. The van der Waals surface area contributed by atoms with Gasteiger partial charge in [-0.25, -0.2) is 20.0 Å². The first-order valence-corrected chi connectivity index (χ1v) is 9.00. The highest BCUT2D eigenvalue weighted by Gasteiger charge is 2.23. The Morgan fingerprint density at radius 1 is 1.07 bits per heavy atom. The number of hydrogen-bond acceptors (Lipinski definition) is 7. The molecule has 140 valence electrons. The van der Waals surface area contributed by atoms with E-state index in [1.54, 1.807) is 24.4 Å². The van der Waals surface area contributed by atoms with Crippen molar-refractivity contribution in [3.05, 3.63) is 66.4 Å². The smallest absolute Gasteiger partial charge is 0.245 e. The summed E-state index contributed by atoms with van der Waals surface area (Å²) < 4.78 is 5.49. The minimum Gasteiger partial charge on any atom is -0.507 e. The van der Waals surface area contributed by atoms with E-state index in [0.29, 0.717) is 24.9 Å². The number of phenolic OH excluding ortho intramolecular Hbond substituents is 1. The van der Waals surface area contributed by atoms with Gasteiger partial charge in [-0.3, -0.25) is 0 Å². The minimum absolute atomic E-state index is 0.0419. The molecule has 0 unspecified atom stereocenters. The molecule has 0 amide bonds. The number of aromatic nitrogens is 2. The van der Waals surface area contributed by atoms with Gasteiger partial charge in [-0.2, -0.15) is 5.26 Å². The third-order valence-corrected chi connectivity index (χ3v) is 4.52. The third-order valence-electron chi connectivity index (χ3n) is 4.52. The first kappa shape index (κ1) is 17.9. The number of aromatic hydroxyl groups is 1. The first-order chi connectivity index (χ1) is 13.8. The molecule has 0 bridgehead atoms. The maximum absolute atomic E-state index is 9.76. The maximum atomic E-state index is 9.76. The Labute approximate surface area is 163 Å². The van der Waals surface area contributed by atoms with Crippen LogP contribution in [0.5, 0.6) is 5.75 Å². The Balaban J connectivity index is 1.75. The molecule has 3 aromatic rings. The number of para-hydroxylation sites is 1. The van der Waals surface area contributed by atoms with Gasteiger partial charge in [0.25, 0.3) is 0 Å². The summed E-state index contributed by atoms with van der Waals surface area (Å²) in [5.74, 6) is 0.497. The normalized spacial score (nSPS) is 14.4. The van der Waals surface area contributed by atoms with Crippen molar-refractivity contribution in [1.29, 1.82) is 5.26 Å². The fraction of sp³-hybridized carbons (Fsp3) is 0.190. The van der Waals surface area contributed by atoms with Crippen LogP contribution in [0.2, 0.25) is 0 Å². The molecule has 1 fully saturated rings. The van der Waals surface area contributed by atoms with Crippen molar-refractivity contribution < 1.29 is 9.84 Å². The van der Waals surface area contributed by atoms with Gasteiger partial charge in [-0.1, -0.05) is 18.2 Å². The van der Waals surface area contributed by atoms with Crippen LogP contribution in [-0.4, -0.2) is 46.4 Å². The molecule has 4 rings (SSSR count). The van der Waals surface area contributed by atoms with Crippen LogP contribution in [0.15, 0.2) is 60.8 Å². The van der Waals surface area contributed by atoms with E-state index in [1.807, 2.05) is 41.4 Å². The Morgan fingerprint density at radius 2 is 1.86 bits per heavy atom. The molecule has 1 aliphatic heterocycles. The van der Waals surface area contributed by atoms with E-state index in [-0.39, 0.29) is 11.3 Å². The number of hydrogen-bond donors (Lipinski definition) is 1. The predicted molar refractivity (Wildman–Crippen MR) is 105 cm³/mol. The second kappa shape index (κ2) is 8.05. The van der Waals surface area contributed by atoms with E-state index in [0.717, 1.165) is 24.3 Å². The number of hydrazine groups is 1. The van der Waals surface area contributed by atoms with E-state index < -0.39 is 0 Å². The van der Waals surface area contributed by atoms with Crippen molar-refractivity contribution in [1.82, 2.24) is 15.0 Å². The van der Waals surface area contributed by atoms with E-state index in [2.05, 4.69) is 9.99 Å². The minimum atomic E-state index is -0.0419. The molecule has 1 saturated heterocycles. The second-order valence-corrected chi connectivity index (χ2v) is 6.30. The molecule has 0 radical (unpaired) electrons. The molecule has 7 nitrogen and oxygen atoms in total. The molecule has 28 heavy (non-hydrogen) atoms. The Bertz CT molecular complexity index is 997. The van der Waals surface area contributed by atoms with Crippen molar-refractivity contribution in [3.8, 4) is 23.1 Å². The van der Waals surface area contributed by atoms with Crippen molar-refractivity contribution >= 4 is 11.6 Å². The van der Waals surface area contributed by atoms with E-state index >= 15 is 0 Å². The summed E-state index contributed by atoms with van der Waals surface area (Å²) in [6.45, 7) is 2.76. The van der Waals surface area contributed by atoms with Crippen molar-refractivity contribution in [3.63, 3.8) is 0 Å². The number of rotatable bonds is 4. The highest BCUT2D eigenvalue weighted by molar-refractivity contribution is 5.66. The molecule has 1 aromatic heterocycles. The molecule has 0 spiro atoms. The van der Waals surface area contributed by atoms with Crippen molar-refractivity contribution in [2.75, 3.05) is 31.3 Å². The van der Waals surface area contributed by atoms with Crippen LogP contribution in [-0.2, 0) is 4.74 Å². The lowest BCUT2D eigenvalue weighted by molar-refractivity contribution is 0.0371. The molecular formula is C21H19N5O2. The Kier molecular flexibility index (Phi) is 5.15. The molecule has 2 aromatic carbocycles. The maximum Gasteiger partial charge on any atom is 0.245 e. The van der Waals surface area contributed by atoms with Crippen molar-refractivity contribution in [2.45, 2.75) is 0 Å². The van der Waals surface area contributed by atoms with Gasteiger partial charge in [0.15, 0.2) is 0 Å². The lowest BCUT2D eigenvalue weighted by atomic mass is 10.1. The van der Waals surface area contributed by atoms with Crippen LogP contribution in [0, 0.1) is 11.3 Å². The number of phenols is 1. The number of nitrogens with zero attached hydrogens (tertiary/aromatic N) is 5. The topological polar surface area (TPSA) is 85.5 Å². The molecule has 0 aliphatic carbocycles. The van der Waals surface area contributed by atoms with Gasteiger partial charge in [0.2, 0.25) is 5.95 Å². The van der Waals surface area contributed by atoms with Crippen LogP contribution in [0.25, 0.3) is 11.3 Å². The standard InChI is InChI=1S/C21H19N5O2/c22-15-17-14-16(6-7-20(17)27)19-8-9-23-21(24-19)26(18-4-2-1-3-5-18)25-10-12-28-13-11-25/h1-9,14,27H,10-13H2. The highest BCUT2D eigenvalue weighted by atomic mass is 16.5. The van der Waals surface area contributed by atoms with Gasteiger partial charge in [-0.05, 0) is 36.4 Å². The van der Waals surface area contributed by atoms with Gasteiger partial charge in [0.05, 0.1) is 30.2 Å². The molecule has 1 N–H and O–H groups in total. The van der Waals surface area contributed by atoms with Crippen LogP contribution >= 0.6 is 0 Å². The van der Waals surface area contributed by atoms with Crippen LogP contribution in [0.3, 0.4) is 0 Å². The summed E-state index contributed by atoms with van der Waals surface area (Å²) in [6, 6.07) is 18.6. The van der Waals surface area contributed by atoms with E-state index in [9.17, 15) is 10.4 Å². The Morgan fingerprint density at radius 3 is 2.61 bits per heavy atom. The fourth-order valence-corrected chi connectivity index (χ4v) is 3.12. The Hall–Kier alpha value is -3.47. The second-order valence-electron chi connectivity index (χ2n) is 6.30. The lowest BCUT2D eigenvalue weighted by Crippen LogP contribution is -2.47. The third kappa shape index (κ3) is 3.64. The summed E-state index contributed by atoms with van der Waals surface area (Å²) >= 11 is 0. The molecule has 0 saturated carbocycles. The van der Waals surface area contributed by atoms with Gasteiger partial charge in [0, 0.05) is 24.8 Å². The highest BCUT2D eigenvalue weighted by Crippen LogP contribution is 2.28. The summed E-state index contributed by atoms with van der Waals surface area (Å²) in [7, 11) is 0. The number of benzene rings is 2.